The van der Waals surface area contributed by atoms with Crippen LogP contribution in [0.5, 0.6) is 0 Å². The van der Waals surface area contributed by atoms with Gasteiger partial charge in [0.2, 0.25) is 0 Å². The highest BCUT2D eigenvalue weighted by molar-refractivity contribution is 7.98. The monoisotopic (exact) mass is 497 g/mol. The van der Waals surface area contributed by atoms with Gasteiger partial charge in [-0.1, -0.05) is 11.8 Å². The molecule has 4 atom stereocenters. The largest absolute Gasteiger partial charge is 0.463 e. The van der Waals surface area contributed by atoms with Crippen LogP contribution in [0.15, 0.2) is 11.4 Å². The van der Waals surface area contributed by atoms with E-state index in [1.165, 1.54) is 36.4 Å². The molecule has 3 heterocycles. The third-order valence-electron chi connectivity index (χ3n) is 5.22. The topological polar surface area (TPSA) is 171 Å². The Hall–Kier alpha value is -2.97. The second-order valence-electron chi connectivity index (χ2n) is 8.19. The molecule has 0 saturated carbocycles. The number of nitrogens with two attached hydrogens (primary N) is 1. The van der Waals surface area contributed by atoms with E-state index in [2.05, 4.69) is 9.97 Å². The Labute approximate surface area is 199 Å². The lowest BCUT2D eigenvalue weighted by atomic mass is 9.95. The lowest BCUT2D eigenvalue weighted by Gasteiger charge is -2.35. The molecule has 1 saturated heterocycles. The number of hydrogen-bond donors (Lipinski definition) is 1. The zero-order valence-corrected chi connectivity index (χ0v) is 20.5. The highest BCUT2D eigenvalue weighted by Crippen LogP contribution is 2.46. The molecule has 186 valence electrons. The first-order valence-corrected chi connectivity index (χ1v) is 11.6. The summed E-state index contributed by atoms with van der Waals surface area (Å²) in [4.78, 5) is 43.3. The minimum absolute atomic E-state index is 0.0290. The number of nitrogens with zero attached hydrogens (tertiary/aromatic N) is 4. The van der Waals surface area contributed by atoms with Crippen molar-refractivity contribution in [2.45, 2.75) is 69.9 Å². The van der Waals surface area contributed by atoms with Gasteiger partial charge in [-0.25, -0.2) is 9.97 Å². The van der Waals surface area contributed by atoms with Crippen molar-refractivity contribution in [3.05, 3.63) is 16.3 Å². The standard InChI is InChI=1S/C20H27N5O8S/c1-9(2)31-15-13(8-30-10(3)26)32-18(20(15,5)33-11(4)27)24-7-12(25(28)29)14-16(21)22-19(34-6)23-17(14)24/h7,9,13,15,18H,8H2,1-6H3,(H2,21,22,23)/t13-,15-,18?,20-/m1/s1. The number of nitro groups is 1. The number of fused-ring (bicyclic) bond motifs is 1. The summed E-state index contributed by atoms with van der Waals surface area (Å²) in [6.07, 6.45) is -0.209. The quantitative estimate of drug-likeness (QED) is 0.186. The Balaban J connectivity index is 2.24. The molecular weight excluding hydrogens is 470 g/mol. The second kappa shape index (κ2) is 9.72. The summed E-state index contributed by atoms with van der Waals surface area (Å²) in [5.41, 5.74) is 4.36. The molecule has 1 aliphatic rings. The smallest absolute Gasteiger partial charge is 0.303 e. The van der Waals surface area contributed by atoms with Crippen molar-refractivity contribution in [2.75, 3.05) is 18.6 Å². The number of carbonyl (C=O) groups is 2. The molecule has 0 radical (unpaired) electrons. The number of nitrogen functional groups attached to an aromatic ring is 1. The minimum atomic E-state index is -1.47. The SMILES string of the molecule is CSc1nc(N)c2c([N+](=O)[O-])cn(C3O[C@H](COC(C)=O)[C@@H](OC(C)C)[C@@]3(C)OC(C)=O)c2n1. The summed E-state index contributed by atoms with van der Waals surface area (Å²) < 4.78 is 24.5. The van der Waals surface area contributed by atoms with Crippen LogP contribution in [-0.2, 0) is 28.5 Å². The number of ether oxygens (including phenoxy) is 4. The third-order valence-corrected chi connectivity index (χ3v) is 5.77. The molecule has 34 heavy (non-hydrogen) atoms. The van der Waals surface area contributed by atoms with Crippen LogP contribution < -0.4 is 5.73 Å². The van der Waals surface area contributed by atoms with Gasteiger partial charge in [0.15, 0.2) is 22.6 Å². The van der Waals surface area contributed by atoms with E-state index in [9.17, 15) is 19.7 Å². The van der Waals surface area contributed by atoms with E-state index < -0.39 is 40.9 Å². The molecule has 0 aliphatic carbocycles. The van der Waals surface area contributed by atoms with Crippen LogP contribution in [0.2, 0.25) is 0 Å². The first-order chi connectivity index (χ1) is 15.9. The van der Waals surface area contributed by atoms with Crippen molar-refractivity contribution in [3.63, 3.8) is 0 Å². The molecule has 2 aromatic heterocycles. The van der Waals surface area contributed by atoms with E-state index >= 15 is 0 Å². The molecular formula is C20H27N5O8S. The maximum atomic E-state index is 12.1. The molecule has 3 rings (SSSR count). The van der Waals surface area contributed by atoms with Gasteiger partial charge in [-0.05, 0) is 27.0 Å². The van der Waals surface area contributed by atoms with Gasteiger partial charge in [0.25, 0.3) is 5.69 Å². The van der Waals surface area contributed by atoms with Crippen LogP contribution in [0.25, 0.3) is 11.0 Å². The van der Waals surface area contributed by atoms with Crippen molar-refractivity contribution in [1.29, 1.82) is 0 Å². The third kappa shape index (κ3) is 4.79. The van der Waals surface area contributed by atoms with Gasteiger partial charge in [0, 0.05) is 13.8 Å². The summed E-state index contributed by atoms with van der Waals surface area (Å²) in [5, 5.41) is 12.1. The Morgan fingerprint density at radius 1 is 1.35 bits per heavy atom. The fourth-order valence-electron chi connectivity index (χ4n) is 4.03. The Morgan fingerprint density at radius 3 is 2.56 bits per heavy atom. The van der Waals surface area contributed by atoms with E-state index in [0.717, 1.165) is 0 Å². The predicted molar refractivity (Wildman–Crippen MR) is 121 cm³/mol. The maximum Gasteiger partial charge on any atom is 0.303 e. The molecule has 2 aromatic rings. The van der Waals surface area contributed by atoms with Crippen molar-refractivity contribution in [2.24, 2.45) is 0 Å². The van der Waals surface area contributed by atoms with Crippen LogP contribution >= 0.6 is 11.8 Å². The van der Waals surface area contributed by atoms with Gasteiger partial charge in [-0.2, -0.15) is 0 Å². The Morgan fingerprint density at radius 2 is 2.03 bits per heavy atom. The average molecular weight is 498 g/mol. The van der Waals surface area contributed by atoms with Gasteiger partial charge >= 0.3 is 11.9 Å². The van der Waals surface area contributed by atoms with E-state index in [1.54, 1.807) is 27.0 Å². The first-order valence-electron chi connectivity index (χ1n) is 10.4. The molecule has 0 spiro atoms. The van der Waals surface area contributed by atoms with Gasteiger partial charge in [-0.15, -0.1) is 0 Å². The van der Waals surface area contributed by atoms with Crippen molar-refractivity contribution >= 4 is 46.2 Å². The van der Waals surface area contributed by atoms with Crippen molar-refractivity contribution in [3.8, 4) is 0 Å². The van der Waals surface area contributed by atoms with Crippen LogP contribution in [0, 0.1) is 10.1 Å². The molecule has 0 aromatic carbocycles. The van der Waals surface area contributed by atoms with E-state index in [4.69, 9.17) is 24.7 Å². The molecule has 1 fully saturated rings. The van der Waals surface area contributed by atoms with Gasteiger partial charge in [0.1, 0.15) is 30.0 Å². The van der Waals surface area contributed by atoms with Crippen LogP contribution in [0.3, 0.4) is 0 Å². The lowest BCUT2D eigenvalue weighted by Crippen LogP contribution is -2.50. The predicted octanol–water partition coefficient (Wildman–Crippen LogP) is 2.22. The number of hydrogen-bond acceptors (Lipinski definition) is 12. The van der Waals surface area contributed by atoms with E-state index in [-0.39, 0.29) is 40.4 Å². The van der Waals surface area contributed by atoms with E-state index in [0.29, 0.717) is 0 Å². The second-order valence-corrected chi connectivity index (χ2v) is 8.96. The van der Waals surface area contributed by atoms with Gasteiger partial charge in [-0.3, -0.25) is 24.3 Å². The fraction of sp³-hybridized carbons (Fsp3) is 0.600. The number of thioether (sulfide) groups is 1. The normalized spacial score (nSPS) is 24.5. The summed E-state index contributed by atoms with van der Waals surface area (Å²) >= 11 is 1.20. The molecule has 0 bridgehead atoms. The minimum Gasteiger partial charge on any atom is -0.463 e. The molecule has 1 unspecified atom stereocenters. The number of anilines is 1. The first kappa shape index (κ1) is 25.6. The highest BCUT2D eigenvalue weighted by Gasteiger charge is 2.59. The van der Waals surface area contributed by atoms with Crippen LogP contribution in [0.1, 0.15) is 40.8 Å². The van der Waals surface area contributed by atoms with Crippen molar-refractivity contribution in [1.82, 2.24) is 14.5 Å². The Kier molecular flexibility index (Phi) is 7.33. The number of esters is 2. The van der Waals surface area contributed by atoms with Gasteiger partial charge in [0.05, 0.1) is 17.2 Å². The molecule has 1 aliphatic heterocycles. The Bertz CT molecular complexity index is 1120. The van der Waals surface area contributed by atoms with Crippen LogP contribution in [-0.4, -0.2) is 68.2 Å². The highest BCUT2D eigenvalue weighted by atomic mass is 32.2. The summed E-state index contributed by atoms with van der Waals surface area (Å²) in [6, 6.07) is 0. The fourth-order valence-corrected chi connectivity index (χ4v) is 4.39. The molecule has 0 amide bonds. The summed E-state index contributed by atoms with van der Waals surface area (Å²) in [7, 11) is 0. The molecule has 2 N–H and O–H groups in total. The maximum absolute atomic E-state index is 12.1. The van der Waals surface area contributed by atoms with Gasteiger partial charge < -0.3 is 24.7 Å². The molecule has 13 nitrogen and oxygen atoms in total. The number of aromatic nitrogens is 3. The number of rotatable bonds is 8. The molecule has 14 heteroatoms. The average Bonchev–Trinajstić information content (AvgIpc) is 3.22. The number of carbonyl (C=O) groups excluding carboxylic acids is 2. The lowest BCUT2D eigenvalue weighted by molar-refractivity contribution is -0.383. The summed E-state index contributed by atoms with van der Waals surface area (Å²) in [5.74, 6) is -1.22. The van der Waals surface area contributed by atoms with Crippen LogP contribution in [0.4, 0.5) is 11.5 Å². The van der Waals surface area contributed by atoms with Crippen molar-refractivity contribution < 1.29 is 33.5 Å². The zero-order chi connectivity index (χ0) is 25.4. The zero-order valence-electron chi connectivity index (χ0n) is 19.6. The van der Waals surface area contributed by atoms with E-state index in [1.807, 2.05) is 0 Å². The summed E-state index contributed by atoms with van der Waals surface area (Å²) in [6.45, 7) is 7.48.